The number of aliphatic hydroxyl groups is 3. The van der Waals surface area contributed by atoms with E-state index >= 15 is 0 Å². The number of aliphatic hydroxyl groups excluding tert-OH is 3. The molecule has 2 aromatic heterocycles. The maximum Gasteiger partial charge on any atom is 0.205 e. The van der Waals surface area contributed by atoms with E-state index < -0.39 is 38.7 Å². The Morgan fingerprint density at radius 1 is 1.07 bits per heavy atom. The normalized spacial score (nSPS) is 22.8. The monoisotopic (exact) mass is 586 g/mol. The molecule has 0 saturated carbocycles. The summed E-state index contributed by atoms with van der Waals surface area (Å²) < 4.78 is 7.82. The van der Waals surface area contributed by atoms with E-state index in [4.69, 9.17) is 21.2 Å². The van der Waals surface area contributed by atoms with Crippen molar-refractivity contribution in [3.05, 3.63) is 58.4 Å². The van der Waals surface area contributed by atoms with E-state index in [0.717, 1.165) is 0 Å². The molecule has 40 heavy (non-hydrogen) atoms. The summed E-state index contributed by atoms with van der Waals surface area (Å²) in [6.07, 6.45) is -2.72. The lowest BCUT2D eigenvalue weighted by atomic mass is 9.99. The van der Waals surface area contributed by atoms with Crippen LogP contribution < -0.4 is 5.49 Å². The van der Waals surface area contributed by atoms with Gasteiger partial charge < -0.3 is 34.4 Å². The molecule has 0 unspecified atom stereocenters. The number of halogens is 1. The second kappa shape index (κ2) is 12.1. The Kier molecular flexibility index (Phi) is 9.14. The number of ether oxygens (including phenoxy) is 1. The minimum atomic E-state index is -2.07. The van der Waals surface area contributed by atoms with Crippen molar-refractivity contribution in [2.24, 2.45) is 5.16 Å². The van der Waals surface area contributed by atoms with E-state index in [2.05, 4.69) is 68.1 Å². The maximum atomic E-state index is 11.1. The molecular formula is C29H39ClN4O5Si. The van der Waals surface area contributed by atoms with Crippen molar-refractivity contribution >= 4 is 30.7 Å². The summed E-state index contributed by atoms with van der Waals surface area (Å²) in [5.41, 5.74) is 7.08. The van der Waals surface area contributed by atoms with Gasteiger partial charge >= 0.3 is 0 Å². The topological polar surface area (TPSA) is 125 Å². The standard InChI is InChI=1S/C29H39ClN4O5Si/c1-16(2)40(17(3)4,18(5)6)13-12-20-14-34(28-22(20)27(33-38-7)31-15-32-28)29-25(37)24(36)26(39-29)23(35)19-8-10-21(30)11-9-19/h8-11,14-18,23-26,29,35-37H,1-7H3,(H,31,32,33)/t23-,24+,25-,26-,29-/m1/s1. The molecule has 11 heteroatoms. The number of hydrogen-bond donors (Lipinski definition) is 4. The molecule has 0 bridgehead atoms. The predicted molar refractivity (Wildman–Crippen MR) is 157 cm³/mol. The number of aromatic amines is 1. The van der Waals surface area contributed by atoms with E-state index in [9.17, 15) is 15.3 Å². The number of hydrogen-bond acceptors (Lipinski definition) is 7. The highest BCUT2D eigenvalue weighted by molar-refractivity contribution is 6.90. The molecule has 3 heterocycles. The minimum Gasteiger partial charge on any atom is -0.397 e. The van der Waals surface area contributed by atoms with Gasteiger partial charge in [-0.1, -0.05) is 76.4 Å². The van der Waals surface area contributed by atoms with Crippen LogP contribution in [0.15, 0.2) is 41.9 Å². The molecule has 1 fully saturated rings. The summed E-state index contributed by atoms with van der Waals surface area (Å²) in [4.78, 5) is 12.5. The first-order valence-corrected chi connectivity index (χ1v) is 16.2. The van der Waals surface area contributed by atoms with E-state index in [-0.39, 0.29) is 0 Å². The van der Waals surface area contributed by atoms with Gasteiger partial charge in [0, 0.05) is 11.2 Å². The molecular weight excluding hydrogens is 548 g/mol. The second-order valence-corrected chi connectivity index (χ2v) is 17.3. The molecule has 1 aliphatic rings. The van der Waals surface area contributed by atoms with Crippen molar-refractivity contribution in [2.75, 3.05) is 7.11 Å². The van der Waals surface area contributed by atoms with Crippen molar-refractivity contribution in [3.8, 4) is 11.5 Å². The molecule has 0 spiro atoms. The first-order valence-electron chi connectivity index (χ1n) is 13.6. The van der Waals surface area contributed by atoms with E-state index in [1.54, 1.807) is 35.0 Å². The second-order valence-electron chi connectivity index (χ2n) is 11.3. The zero-order valence-corrected chi connectivity index (χ0v) is 25.7. The largest absolute Gasteiger partial charge is 0.397 e. The molecule has 0 radical (unpaired) electrons. The highest BCUT2D eigenvalue weighted by Crippen LogP contribution is 2.41. The number of rotatable bonds is 7. The summed E-state index contributed by atoms with van der Waals surface area (Å²) in [6, 6.07) is 6.62. The Morgan fingerprint density at radius 2 is 1.70 bits per heavy atom. The van der Waals surface area contributed by atoms with Crippen molar-refractivity contribution in [3.63, 3.8) is 0 Å². The molecule has 9 nitrogen and oxygen atoms in total. The lowest BCUT2D eigenvalue weighted by molar-refractivity contribution is -0.0848. The molecule has 3 aromatic rings. The molecule has 0 amide bonds. The van der Waals surface area contributed by atoms with Crippen molar-refractivity contribution in [2.45, 2.75) is 88.8 Å². The van der Waals surface area contributed by atoms with Crippen molar-refractivity contribution in [1.29, 1.82) is 0 Å². The molecule has 216 valence electrons. The molecule has 5 atom stereocenters. The number of H-pyrrole nitrogens is 1. The van der Waals surface area contributed by atoms with Crippen molar-refractivity contribution in [1.82, 2.24) is 14.5 Å². The van der Waals surface area contributed by atoms with Crippen LogP contribution in [-0.2, 0) is 9.57 Å². The van der Waals surface area contributed by atoms with Gasteiger partial charge in [0.05, 0.1) is 17.3 Å². The third-order valence-electron chi connectivity index (χ3n) is 8.17. The minimum absolute atomic E-state index is 0.330. The van der Waals surface area contributed by atoms with Crippen molar-refractivity contribution < 1.29 is 24.9 Å². The van der Waals surface area contributed by atoms with Gasteiger partial charge in [0.1, 0.15) is 45.2 Å². The number of fused-ring (bicyclic) bond motifs is 1. The first kappa shape index (κ1) is 30.3. The molecule has 4 rings (SSSR count). The lowest BCUT2D eigenvalue weighted by Gasteiger charge is -2.38. The first-order chi connectivity index (χ1) is 18.9. The van der Waals surface area contributed by atoms with E-state index in [1.807, 2.05) is 0 Å². The summed E-state index contributed by atoms with van der Waals surface area (Å²) in [6.45, 7) is 13.5. The van der Waals surface area contributed by atoms with Gasteiger partial charge in [-0.25, -0.2) is 4.98 Å². The maximum absolute atomic E-state index is 11.1. The lowest BCUT2D eigenvalue weighted by Crippen LogP contribution is -2.43. The fraction of sp³-hybridized carbons (Fsp3) is 0.517. The van der Waals surface area contributed by atoms with Crippen LogP contribution in [0.1, 0.15) is 65.0 Å². The van der Waals surface area contributed by atoms with Crippen LogP contribution in [0.25, 0.3) is 11.0 Å². The third-order valence-corrected chi connectivity index (χ3v) is 14.7. The van der Waals surface area contributed by atoms with Gasteiger partial charge in [-0.15, -0.1) is 5.54 Å². The fourth-order valence-corrected chi connectivity index (χ4v) is 11.5. The van der Waals surface area contributed by atoms with Gasteiger partial charge in [0.25, 0.3) is 0 Å². The van der Waals surface area contributed by atoms with Crippen LogP contribution in [0.2, 0.25) is 21.6 Å². The fourth-order valence-electron chi connectivity index (χ4n) is 6.20. The highest BCUT2D eigenvalue weighted by Gasteiger charge is 2.48. The third kappa shape index (κ3) is 5.34. The summed E-state index contributed by atoms with van der Waals surface area (Å²) in [7, 11) is -0.626. The summed E-state index contributed by atoms with van der Waals surface area (Å²) >= 11 is 5.99. The predicted octanol–water partition coefficient (Wildman–Crippen LogP) is 4.40. The van der Waals surface area contributed by atoms with Gasteiger partial charge in [0.15, 0.2) is 6.23 Å². The van der Waals surface area contributed by atoms with E-state index in [1.165, 1.54) is 13.4 Å². The van der Waals surface area contributed by atoms with Gasteiger partial charge in [-0.2, -0.15) is 0 Å². The number of nitrogens with one attached hydrogen (secondary N) is 1. The van der Waals surface area contributed by atoms with Crippen LogP contribution >= 0.6 is 11.6 Å². The Hall–Kier alpha value is -2.65. The van der Waals surface area contributed by atoms with Crippen LogP contribution in [-0.4, -0.2) is 63.4 Å². The zero-order valence-electron chi connectivity index (χ0n) is 24.0. The molecule has 1 saturated heterocycles. The molecule has 4 N–H and O–H groups in total. The average molecular weight is 587 g/mol. The number of nitrogens with zero attached hydrogens (tertiary/aromatic N) is 3. The SMILES string of the molecule is CO/N=c1\nc[nH]c2c1c(C#C[Si](C(C)C)(C(C)C)C(C)C)cn2[C@@H]1O[C@H]([C@H](O)c2ccc(Cl)cc2)[C@@H](O)[C@H]1O. The van der Waals surface area contributed by atoms with Gasteiger partial charge in [0.2, 0.25) is 5.49 Å². The van der Waals surface area contributed by atoms with Gasteiger partial charge in [-0.3, -0.25) is 0 Å². The van der Waals surface area contributed by atoms with Crippen LogP contribution in [0.3, 0.4) is 0 Å². The quantitative estimate of drug-likeness (QED) is 0.185. The molecule has 1 aliphatic heterocycles. The zero-order chi connectivity index (χ0) is 29.4. The van der Waals surface area contributed by atoms with Crippen LogP contribution in [0.4, 0.5) is 0 Å². The van der Waals surface area contributed by atoms with Crippen LogP contribution in [0, 0.1) is 11.5 Å². The number of benzene rings is 1. The Labute approximate surface area is 240 Å². The average Bonchev–Trinajstić information content (AvgIpc) is 3.41. The highest BCUT2D eigenvalue weighted by atomic mass is 35.5. The molecule has 1 aromatic carbocycles. The van der Waals surface area contributed by atoms with E-state index in [0.29, 0.717) is 49.3 Å². The summed E-state index contributed by atoms with van der Waals surface area (Å²) in [5.74, 6) is 3.46. The van der Waals surface area contributed by atoms with Gasteiger partial charge in [-0.05, 0) is 34.3 Å². The smallest absolute Gasteiger partial charge is 0.205 e. The summed E-state index contributed by atoms with van der Waals surface area (Å²) in [5, 5.41) is 38.3. The number of aromatic nitrogens is 3. The van der Waals surface area contributed by atoms with Crippen LogP contribution in [0.5, 0.6) is 0 Å². The Bertz CT molecular complexity index is 1440. The molecule has 0 aliphatic carbocycles. The Morgan fingerprint density at radius 3 is 2.27 bits per heavy atom. The Balaban J connectivity index is 1.84.